The molecule has 0 aliphatic carbocycles. The van der Waals surface area contributed by atoms with Gasteiger partial charge in [-0.15, -0.1) is 0 Å². The van der Waals surface area contributed by atoms with Crippen molar-refractivity contribution in [3.63, 3.8) is 0 Å². The number of hydrogen-bond donors (Lipinski definition) is 1. The first-order valence-electron chi connectivity index (χ1n) is 10.9. The lowest BCUT2D eigenvalue weighted by Gasteiger charge is -2.32. The van der Waals surface area contributed by atoms with Gasteiger partial charge in [-0.05, 0) is 42.5 Å². The van der Waals surface area contributed by atoms with Gasteiger partial charge in [-0.1, -0.05) is 61.5 Å². The maximum absolute atomic E-state index is 12.3. The minimum absolute atomic E-state index is 0.148. The fraction of sp³-hybridized carbons (Fsp3) is 0.480. The van der Waals surface area contributed by atoms with Crippen LogP contribution in [0.25, 0.3) is 0 Å². The van der Waals surface area contributed by atoms with E-state index in [-0.39, 0.29) is 5.91 Å². The Morgan fingerprint density at radius 2 is 1.66 bits per heavy atom. The largest absolute Gasteiger partial charge is 0.352 e. The quantitative estimate of drug-likeness (QED) is 0.705. The number of benzene rings is 2. The van der Waals surface area contributed by atoms with Crippen molar-refractivity contribution in [3.8, 4) is 0 Å². The van der Waals surface area contributed by atoms with Gasteiger partial charge in [0.15, 0.2) is 0 Å². The Morgan fingerprint density at radius 1 is 0.966 bits per heavy atom. The summed E-state index contributed by atoms with van der Waals surface area (Å²) in [5, 5.41) is 3.11. The number of amides is 1. The van der Waals surface area contributed by atoms with E-state index in [0.717, 1.165) is 45.6 Å². The highest BCUT2D eigenvalue weighted by molar-refractivity contribution is 5.76. The predicted octanol–water partition coefficient (Wildman–Crippen LogP) is 3.71. The third-order valence-electron chi connectivity index (χ3n) is 5.79. The molecule has 1 fully saturated rings. The molecule has 0 bridgehead atoms. The third-order valence-corrected chi connectivity index (χ3v) is 5.79. The Hall–Kier alpha value is -2.17. The maximum Gasteiger partial charge on any atom is 0.220 e. The monoisotopic (exact) mass is 393 g/mol. The first-order valence-corrected chi connectivity index (χ1v) is 10.9. The number of likely N-dealkylation sites (N-methyl/N-ethyl adjacent to an activating group) is 1. The Morgan fingerprint density at radius 3 is 2.41 bits per heavy atom. The van der Waals surface area contributed by atoms with Gasteiger partial charge in [-0.3, -0.25) is 9.69 Å². The van der Waals surface area contributed by atoms with Gasteiger partial charge in [0.1, 0.15) is 0 Å². The lowest BCUT2D eigenvalue weighted by molar-refractivity contribution is -0.122. The molecule has 1 aliphatic heterocycles. The number of aryl methyl sites for hydroxylation is 1. The molecule has 1 saturated heterocycles. The van der Waals surface area contributed by atoms with Crippen molar-refractivity contribution in [2.45, 2.75) is 39.3 Å². The third kappa shape index (κ3) is 7.64. The summed E-state index contributed by atoms with van der Waals surface area (Å²) < 4.78 is 0. The van der Waals surface area contributed by atoms with Crippen LogP contribution in [-0.2, 0) is 24.3 Å². The number of nitrogens with one attached hydrogen (secondary N) is 1. The van der Waals surface area contributed by atoms with Gasteiger partial charge in [0.2, 0.25) is 5.91 Å². The molecule has 1 atom stereocenters. The van der Waals surface area contributed by atoms with Gasteiger partial charge in [0, 0.05) is 45.7 Å². The Balaban J connectivity index is 1.39. The molecular weight excluding hydrogens is 358 g/mol. The Bertz CT molecular complexity index is 754. The first-order chi connectivity index (χ1) is 14.1. The molecule has 1 heterocycles. The molecule has 4 nitrogen and oxygen atoms in total. The average molecular weight is 394 g/mol. The van der Waals surface area contributed by atoms with Crippen LogP contribution in [0.4, 0.5) is 0 Å². The second-order valence-corrected chi connectivity index (χ2v) is 8.51. The van der Waals surface area contributed by atoms with Crippen LogP contribution in [-0.4, -0.2) is 48.9 Å². The molecule has 0 spiro atoms. The molecule has 0 aromatic heterocycles. The molecular formula is C25H35N3O. The molecule has 4 heteroatoms. The zero-order valence-corrected chi connectivity index (χ0v) is 17.9. The van der Waals surface area contributed by atoms with Crippen LogP contribution < -0.4 is 5.32 Å². The van der Waals surface area contributed by atoms with E-state index in [0.29, 0.717) is 18.9 Å². The van der Waals surface area contributed by atoms with Gasteiger partial charge in [0.05, 0.1) is 0 Å². The number of carbonyl (C=O) groups is 1. The van der Waals surface area contributed by atoms with E-state index in [1.54, 1.807) is 0 Å². The van der Waals surface area contributed by atoms with E-state index < -0.39 is 0 Å². The van der Waals surface area contributed by atoms with Crippen molar-refractivity contribution >= 4 is 5.91 Å². The zero-order chi connectivity index (χ0) is 20.5. The van der Waals surface area contributed by atoms with E-state index in [2.05, 4.69) is 77.6 Å². The summed E-state index contributed by atoms with van der Waals surface area (Å²) in [4.78, 5) is 17.2. The molecule has 1 amide bonds. The second-order valence-electron chi connectivity index (χ2n) is 8.51. The van der Waals surface area contributed by atoms with E-state index >= 15 is 0 Å². The SMILES string of the molecule is CC(CCc1ccccc1)CC(=O)NCc1cccc(CN2CCN(C)CC2)c1. The summed E-state index contributed by atoms with van der Waals surface area (Å²) in [5.74, 6) is 0.536. The first kappa shape index (κ1) is 21.5. The average Bonchev–Trinajstić information content (AvgIpc) is 2.73. The van der Waals surface area contributed by atoms with Crippen molar-refractivity contribution in [3.05, 3.63) is 71.3 Å². The van der Waals surface area contributed by atoms with Crippen LogP contribution in [0.5, 0.6) is 0 Å². The lowest BCUT2D eigenvalue weighted by atomic mass is 9.98. The fourth-order valence-electron chi connectivity index (χ4n) is 3.85. The molecule has 156 valence electrons. The van der Waals surface area contributed by atoms with Gasteiger partial charge in [-0.25, -0.2) is 0 Å². The van der Waals surface area contributed by atoms with Crippen LogP contribution in [0.3, 0.4) is 0 Å². The molecule has 2 aromatic carbocycles. The van der Waals surface area contributed by atoms with E-state index in [4.69, 9.17) is 0 Å². The van der Waals surface area contributed by atoms with Crippen LogP contribution in [0, 0.1) is 5.92 Å². The summed E-state index contributed by atoms with van der Waals surface area (Å²) in [5.41, 5.74) is 3.86. The molecule has 1 aliphatic rings. The topological polar surface area (TPSA) is 35.6 Å². The van der Waals surface area contributed by atoms with E-state index in [1.165, 1.54) is 16.7 Å². The van der Waals surface area contributed by atoms with Crippen molar-refractivity contribution in [2.24, 2.45) is 5.92 Å². The Labute approximate surface area is 175 Å². The Kier molecular flexibility index (Phi) is 8.26. The molecule has 0 radical (unpaired) electrons. The highest BCUT2D eigenvalue weighted by Gasteiger charge is 2.14. The summed E-state index contributed by atoms with van der Waals surface area (Å²) in [7, 11) is 2.18. The van der Waals surface area contributed by atoms with Gasteiger partial charge in [-0.2, -0.15) is 0 Å². The number of hydrogen-bond acceptors (Lipinski definition) is 3. The van der Waals surface area contributed by atoms with Gasteiger partial charge >= 0.3 is 0 Å². The molecule has 3 rings (SSSR count). The van der Waals surface area contributed by atoms with Crippen LogP contribution in [0.2, 0.25) is 0 Å². The molecule has 29 heavy (non-hydrogen) atoms. The maximum atomic E-state index is 12.3. The summed E-state index contributed by atoms with van der Waals surface area (Å²) >= 11 is 0. The molecule has 1 unspecified atom stereocenters. The number of nitrogens with zero attached hydrogens (tertiary/aromatic N) is 2. The summed E-state index contributed by atoms with van der Waals surface area (Å²) in [6, 6.07) is 19.1. The van der Waals surface area contributed by atoms with Crippen molar-refractivity contribution < 1.29 is 4.79 Å². The second kappa shape index (κ2) is 11.1. The predicted molar refractivity (Wildman–Crippen MR) is 120 cm³/mol. The normalized spacial score (nSPS) is 16.5. The summed E-state index contributed by atoms with van der Waals surface area (Å²) in [6.07, 6.45) is 2.66. The number of rotatable bonds is 9. The smallest absolute Gasteiger partial charge is 0.220 e. The van der Waals surface area contributed by atoms with E-state index in [1.807, 2.05) is 6.07 Å². The highest BCUT2D eigenvalue weighted by Crippen LogP contribution is 2.14. The lowest BCUT2D eigenvalue weighted by Crippen LogP contribution is -2.43. The highest BCUT2D eigenvalue weighted by atomic mass is 16.1. The van der Waals surface area contributed by atoms with Gasteiger partial charge < -0.3 is 10.2 Å². The minimum atomic E-state index is 0.148. The standard InChI is InChI=1S/C25H35N3O/c1-21(11-12-22-7-4-3-5-8-22)17-25(29)26-19-23-9-6-10-24(18-23)20-28-15-13-27(2)14-16-28/h3-10,18,21H,11-17,19-20H2,1-2H3,(H,26,29). The zero-order valence-electron chi connectivity index (χ0n) is 17.9. The van der Waals surface area contributed by atoms with Crippen molar-refractivity contribution in [1.29, 1.82) is 0 Å². The summed E-state index contributed by atoms with van der Waals surface area (Å²) in [6.45, 7) is 8.29. The van der Waals surface area contributed by atoms with Gasteiger partial charge in [0.25, 0.3) is 0 Å². The number of piperazine rings is 1. The molecule has 2 aromatic rings. The molecule has 1 N–H and O–H groups in total. The minimum Gasteiger partial charge on any atom is -0.352 e. The van der Waals surface area contributed by atoms with Crippen LogP contribution in [0.1, 0.15) is 36.5 Å². The fourth-order valence-corrected chi connectivity index (χ4v) is 3.85. The van der Waals surface area contributed by atoms with Crippen molar-refractivity contribution in [2.75, 3.05) is 33.2 Å². The number of carbonyl (C=O) groups excluding carboxylic acids is 1. The van der Waals surface area contributed by atoms with Crippen LogP contribution in [0.15, 0.2) is 54.6 Å². The molecule has 0 saturated carbocycles. The van der Waals surface area contributed by atoms with Crippen molar-refractivity contribution in [1.82, 2.24) is 15.1 Å². The van der Waals surface area contributed by atoms with E-state index in [9.17, 15) is 4.79 Å². The van der Waals surface area contributed by atoms with Crippen LogP contribution >= 0.6 is 0 Å².